The van der Waals surface area contributed by atoms with Crippen molar-refractivity contribution in [2.24, 2.45) is 5.92 Å². The van der Waals surface area contributed by atoms with Crippen LogP contribution in [-0.4, -0.2) is 53.8 Å². The molecule has 2 N–H and O–H groups in total. The zero-order valence-electron chi connectivity index (χ0n) is 19.1. The summed E-state index contributed by atoms with van der Waals surface area (Å²) in [5.41, 5.74) is 1.38. The summed E-state index contributed by atoms with van der Waals surface area (Å²) >= 11 is 6.00. The quantitative estimate of drug-likeness (QED) is 0.660. The number of nitrogens with one attached hydrogen (secondary N) is 2. The minimum absolute atomic E-state index is 0.149. The molecule has 1 heterocycles. The highest BCUT2D eigenvalue weighted by Crippen LogP contribution is 2.19. The second-order valence-corrected chi connectivity index (χ2v) is 9.05. The third kappa shape index (κ3) is 7.22. The normalized spacial score (nSPS) is 15.0. The Morgan fingerprint density at radius 2 is 1.64 bits per heavy atom. The first-order chi connectivity index (χ1) is 15.8. The molecule has 1 fully saturated rings. The Morgan fingerprint density at radius 3 is 2.33 bits per heavy atom. The summed E-state index contributed by atoms with van der Waals surface area (Å²) in [6, 6.07) is 15.3. The minimum atomic E-state index is -0.746. The summed E-state index contributed by atoms with van der Waals surface area (Å²) in [6.07, 6.45) is 1.00. The zero-order chi connectivity index (χ0) is 23.8. The van der Waals surface area contributed by atoms with Crippen LogP contribution in [-0.2, 0) is 9.59 Å². The van der Waals surface area contributed by atoms with E-state index in [1.165, 1.54) is 0 Å². The summed E-state index contributed by atoms with van der Waals surface area (Å²) in [7, 11) is 0. The van der Waals surface area contributed by atoms with Crippen molar-refractivity contribution in [3.05, 3.63) is 65.2 Å². The van der Waals surface area contributed by atoms with Gasteiger partial charge in [0.15, 0.2) is 0 Å². The average molecular weight is 471 g/mol. The largest absolute Gasteiger partial charge is 0.341 e. The molecule has 4 amide bonds. The van der Waals surface area contributed by atoms with E-state index in [0.29, 0.717) is 49.7 Å². The second kappa shape index (κ2) is 11.7. The summed E-state index contributed by atoms with van der Waals surface area (Å²) in [5, 5.41) is 6.33. The lowest BCUT2D eigenvalue weighted by Gasteiger charge is -2.27. The van der Waals surface area contributed by atoms with Gasteiger partial charge in [0.2, 0.25) is 11.8 Å². The van der Waals surface area contributed by atoms with E-state index in [2.05, 4.69) is 10.6 Å². The highest BCUT2D eigenvalue weighted by molar-refractivity contribution is 6.30. The molecule has 2 aromatic carbocycles. The lowest BCUT2D eigenvalue weighted by Crippen LogP contribution is -2.45. The van der Waals surface area contributed by atoms with Gasteiger partial charge in [0, 0.05) is 43.3 Å². The fourth-order valence-electron chi connectivity index (χ4n) is 3.82. The molecule has 0 saturated carbocycles. The van der Waals surface area contributed by atoms with Crippen molar-refractivity contribution < 1.29 is 14.4 Å². The Bertz CT molecular complexity index is 967. The Balaban J connectivity index is 1.66. The van der Waals surface area contributed by atoms with Gasteiger partial charge in [0.05, 0.1) is 0 Å². The molecule has 1 aliphatic heterocycles. The van der Waals surface area contributed by atoms with Gasteiger partial charge in [-0.25, -0.2) is 4.79 Å². The van der Waals surface area contributed by atoms with E-state index in [1.54, 1.807) is 34.1 Å². The molecule has 1 atom stereocenters. The van der Waals surface area contributed by atoms with Crippen molar-refractivity contribution in [3.63, 3.8) is 0 Å². The summed E-state index contributed by atoms with van der Waals surface area (Å²) in [4.78, 5) is 42.1. The number of carbonyl (C=O) groups is 3. The summed E-state index contributed by atoms with van der Waals surface area (Å²) < 4.78 is 0. The zero-order valence-corrected chi connectivity index (χ0v) is 19.8. The number of amides is 4. The average Bonchev–Trinajstić information content (AvgIpc) is 3.04. The van der Waals surface area contributed by atoms with E-state index in [4.69, 9.17) is 11.6 Å². The third-order valence-electron chi connectivity index (χ3n) is 5.45. The van der Waals surface area contributed by atoms with E-state index in [9.17, 15) is 14.4 Å². The van der Waals surface area contributed by atoms with E-state index in [0.717, 1.165) is 5.56 Å². The SMILES string of the molecule is CC(C)CC(=O)NC(C(=O)N1CCCN(C(=O)Nc2cccc(Cl)c2)CC1)c1ccccc1. The first-order valence-electron chi connectivity index (χ1n) is 11.3. The summed E-state index contributed by atoms with van der Waals surface area (Å²) in [5.74, 6) is -0.110. The van der Waals surface area contributed by atoms with Crippen LogP contribution in [0.5, 0.6) is 0 Å². The van der Waals surface area contributed by atoms with E-state index in [1.807, 2.05) is 44.2 Å². The molecule has 1 saturated heterocycles. The topological polar surface area (TPSA) is 81.8 Å². The molecule has 3 rings (SSSR count). The maximum absolute atomic E-state index is 13.5. The van der Waals surface area contributed by atoms with Crippen LogP contribution in [0.25, 0.3) is 0 Å². The smallest absolute Gasteiger partial charge is 0.321 e. The fourth-order valence-corrected chi connectivity index (χ4v) is 4.01. The molecule has 33 heavy (non-hydrogen) atoms. The number of hydrogen-bond acceptors (Lipinski definition) is 3. The van der Waals surface area contributed by atoms with E-state index >= 15 is 0 Å². The van der Waals surface area contributed by atoms with Gasteiger partial charge in [-0.05, 0) is 36.1 Å². The molecule has 0 radical (unpaired) electrons. The van der Waals surface area contributed by atoms with Crippen molar-refractivity contribution in [3.8, 4) is 0 Å². The number of carbonyl (C=O) groups excluding carboxylic acids is 3. The lowest BCUT2D eigenvalue weighted by atomic mass is 10.0. The molecule has 0 spiro atoms. The molecule has 176 valence electrons. The van der Waals surface area contributed by atoms with Crippen LogP contribution in [0.1, 0.15) is 38.3 Å². The second-order valence-electron chi connectivity index (χ2n) is 8.62. The predicted octanol–water partition coefficient (Wildman–Crippen LogP) is 4.31. The number of rotatable bonds is 6. The Hall–Kier alpha value is -3.06. The molecule has 0 aromatic heterocycles. The lowest BCUT2D eigenvalue weighted by molar-refractivity contribution is -0.136. The monoisotopic (exact) mass is 470 g/mol. The predicted molar refractivity (Wildman–Crippen MR) is 130 cm³/mol. The molecule has 7 nitrogen and oxygen atoms in total. The molecular weight excluding hydrogens is 440 g/mol. The van der Waals surface area contributed by atoms with Crippen LogP contribution >= 0.6 is 11.6 Å². The van der Waals surface area contributed by atoms with Gasteiger partial charge in [-0.3, -0.25) is 9.59 Å². The Kier molecular flexibility index (Phi) is 8.72. The number of benzene rings is 2. The minimum Gasteiger partial charge on any atom is -0.341 e. The van der Waals surface area contributed by atoms with Gasteiger partial charge >= 0.3 is 6.03 Å². The summed E-state index contributed by atoms with van der Waals surface area (Å²) in [6.45, 7) is 5.79. The fraction of sp³-hybridized carbons (Fsp3) is 0.400. The molecule has 1 unspecified atom stereocenters. The van der Waals surface area contributed by atoms with Crippen molar-refractivity contribution in [1.29, 1.82) is 0 Å². The Labute approximate surface area is 200 Å². The first-order valence-corrected chi connectivity index (χ1v) is 11.7. The van der Waals surface area contributed by atoms with Crippen molar-refractivity contribution in [2.75, 3.05) is 31.5 Å². The van der Waals surface area contributed by atoms with Crippen LogP contribution in [0.15, 0.2) is 54.6 Å². The van der Waals surface area contributed by atoms with E-state index in [-0.39, 0.29) is 23.8 Å². The number of urea groups is 1. The molecule has 1 aliphatic rings. The maximum atomic E-state index is 13.5. The van der Waals surface area contributed by atoms with Gasteiger partial charge < -0.3 is 20.4 Å². The third-order valence-corrected chi connectivity index (χ3v) is 5.68. The number of hydrogen-bond donors (Lipinski definition) is 2. The highest BCUT2D eigenvalue weighted by atomic mass is 35.5. The van der Waals surface area contributed by atoms with Crippen LogP contribution in [0, 0.1) is 5.92 Å². The molecule has 2 aromatic rings. The maximum Gasteiger partial charge on any atom is 0.321 e. The van der Waals surface area contributed by atoms with Crippen molar-refractivity contribution in [1.82, 2.24) is 15.1 Å². The molecule has 0 aliphatic carbocycles. The first kappa shape index (κ1) is 24.6. The molecule has 0 bridgehead atoms. The van der Waals surface area contributed by atoms with Gasteiger partial charge in [-0.1, -0.05) is 61.8 Å². The van der Waals surface area contributed by atoms with Gasteiger partial charge in [0.25, 0.3) is 0 Å². The van der Waals surface area contributed by atoms with E-state index < -0.39 is 6.04 Å². The van der Waals surface area contributed by atoms with Gasteiger partial charge in [-0.15, -0.1) is 0 Å². The van der Waals surface area contributed by atoms with Crippen molar-refractivity contribution in [2.45, 2.75) is 32.7 Å². The standard InChI is InChI=1S/C25H31ClN4O3/c1-18(2)16-22(31)28-23(19-8-4-3-5-9-19)24(32)29-12-7-13-30(15-14-29)25(33)27-21-11-6-10-20(26)17-21/h3-6,8-11,17-18,23H,7,12-16H2,1-2H3,(H,27,33)(H,28,31). The Morgan fingerprint density at radius 1 is 0.939 bits per heavy atom. The number of anilines is 1. The van der Waals surface area contributed by atoms with Gasteiger partial charge in [-0.2, -0.15) is 0 Å². The van der Waals surface area contributed by atoms with Gasteiger partial charge in [0.1, 0.15) is 6.04 Å². The number of halogens is 1. The molecule has 8 heteroatoms. The highest BCUT2D eigenvalue weighted by Gasteiger charge is 2.29. The van der Waals surface area contributed by atoms with Crippen LogP contribution < -0.4 is 10.6 Å². The molecular formula is C25H31ClN4O3. The van der Waals surface area contributed by atoms with Crippen molar-refractivity contribution >= 4 is 35.1 Å². The number of nitrogens with zero attached hydrogens (tertiary/aromatic N) is 2. The van der Waals surface area contributed by atoms with Crippen LogP contribution in [0.3, 0.4) is 0 Å². The van der Waals surface area contributed by atoms with Crippen LogP contribution in [0.4, 0.5) is 10.5 Å². The van der Waals surface area contributed by atoms with Crippen LogP contribution in [0.2, 0.25) is 5.02 Å².